The maximum atomic E-state index is 12.9. The summed E-state index contributed by atoms with van der Waals surface area (Å²) in [6.45, 7) is 21.0. The van der Waals surface area contributed by atoms with Gasteiger partial charge in [0.2, 0.25) is 5.91 Å². The summed E-state index contributed by atoms with van der Waals surface area (Å²) in [6, 6.07) is 3.60. The summed E-state index contributed by atoms with van der Waals surface area (Å²) in [4.78, 5) is 28.5. The number of carbonyl (C=O) groups is 2. The predicted molar refractivity (Wildman–Crippen MR) is 156 cm³/mol. The molecule has 2 fully saturated rings. The van der Waals surface area contributed by atoms with Crippen molar-refractivity contribution < 1.29 is 9.59 Å². The van der Waals surface area contributed by atoms with Crippen LogP contribution >= 0.6 is 0 Å². The molecule has 0 spiro atoms. The number of amides is 1. The van der Waals surface area contributed by atoms with Gasteiger partial charge in [0.25, 0.3) is 5.66 Å². The Hall–Kier alpha value is -1.78. The highest BCUT2D eigenvalue weighted by atomic mass is 28.3. The van der Waals surface area contributed by atoms with E-state index in [4.69, 9.17) is 6.57 Å². The molecule has 0 aromatic heterocycles. The van der Waals surface area contributed by atoms with Gasteiger partial charge in [-0.25, -0.2) is 12.0 Å². The number of nitrogens with zero attached hydrogens (tertiary/aromatic N) is 2. The van der Waals surface area contributed by atoms with Crippen molar-refractivity contribution in [1.82, 2.24) is 21.5 Å². The molecule has 8 nitrogen and oxygen atoms in total. The molecule has 2 saturated carbocycles. The third-order valence-corrected chi connectivity index (χ3v) is 15.4. The first-order valence-electron chi connectivity index (χ1n) is 14.6. The lowest BCUT2D eigenvalue weighted by Crippen LogP contribution is -2.61. The molecule has 0 heterocycles. The molecule has 1 amide bonds. The minimum absolute atomic E-state index is 0.0327. The lowest BCUT2D eigenvalue weighted by atomic mass is 9.76. The molecule has 0 unspecified atom stereocenters. The van der Waals surface area contributed by atoms with Crippen LogP contribution in [-0.4, -0.2) is 51.1 Å². The maximum Gasteiger partial charge on any atom is 0.298 e. The van der Waals surface area contributed by atoms with E-state index in [-0.39, 0.29) is 23.5 Å². The molecule has 9 heteroatoms. The fraction of sp³-hybridized carbons (Fsp3) is 0.862. The average molecular weight is 545 g/mol. The number of rotatable bonds is 14. The van der Waals surface area contributed by atoms with E-state index in [9.17, 15) is 14.9 Å². The summed E-state index contributed by atoms with van der Waals surface area (Å²) >= 11 is 0. The van der Waals surface area contributed by atoms with Crippen LogP contribution in [0.1, 0.15) is 91.4 Å². The van der Waals surface area contributed by atoms with E-state index >= 15 is 0 Å². The standard InChI is InChI=1S/C29H52N6O2Si/c1-23(36)24-10-15-28(22-30,16-11-24)34-35-29(32-5)17-12-25(13-18-29)26(37)33-20-9-21-38(6,7)27(2,3)14-8-19-31-4/h24-25,31,34-35H,8-21H2,1-4,6-7H3,(H,33,37). The van der Waals surface area contributed by atoms with E-state index in [1.807, 2.05) is 7.05 Å². The van der Waals surface area contributed by atoms with Crippen molar-refractivity contribution in [2.45, 2.75) is 127 Å². The monoisotopic (exact) mass is 544 g/mol. The van der Waals surface area contributed by atoms with Gasteiger partial charge < -0.3 is 10.6 Å². The van der Waals surface area contributed by atoms with Crippen molar-refractivity contribution in [3.63, 3.8) is 0 Å². The van der Waals surface area contributed by atoms with E-state index in [0.717, 1.165) is 19.5 Å². The minimum Gasteiger partial charge on any atom is -0.356 e. The SMILES string of the molecule is [C-]#[N+]C1(NNC2(C#N)CCC(C(C)=O)CC2)CCC(C(=O)NCCC[Si](C)(C)C(C)(C)CCCNC)CC1. The Labute approximate surface area is 232 Å². The van der Waals surface area contributed by atoms with E-state index in [1.165, 1.54) is 18.9 Å². The molecule has 0 aliphatic heterocycles. The Balaban J connectivity index is 1.77. The van der Waals surface area contributed by atoms with Gasteiger partial charge in [0.1, 0.15) is 11.3 Å². The van der Waals surface area contributed by atoms with Gasteiger partial charge in [0, 0.05) is 31.2 Å². The minimum atomic E-state index is -1.43. The van der Waals surface area contributed by atoms with Crippen molar-refractivity contribution in [2.75, 3.05) is 20.1 Å². The van der Waals surface area contributed by atoms with Crippen molar-refractivity contribution in [2.24, 2.45) is 11.8 Å². The Morgan fingerprint density at radius 3 is 2.16 bits per heavy atom. The van der Waals surface area contributed by atoms with E-state index in [2.05, 4.69) is 59.3 Å². The molecule has 4 N–H and O–H groups in total. The van der Waals surface area contributed by atoms with E-state index in [1.54, 1.807) is 6.92 Å². The molecule has 0 aromatic carbocycles. The van der Waals surface area contributed by atoms with Crippen LogP contribution in [0.5, 0.6) is 0 Å². The second kappa shape index (κ2) is 14.0. The number of nitrogens with one attached hydrogen (secondary N) is 4. The van der Waals surface area contributed by atoms with Crippen LogP contribution in [0.2, 0.25) is 24.2 Å². The van der Waals surface area contributed by atoms with Crippen molar-refractivity contribution in [1.29, 1.82) is 5.26 Å². The Bertz CT molecular complexity index is 874. The molecule has 0 aromatic rings. The van der Waals surface area contributed by atoms with Crippen LogP contribution in [0, 0.1) is 29.7 Å². The molecule has 0 atom stereocenters. The number of Topliss-reactive ketones (excluding diaryl/α,β-unsaturated/α-hetero) is 1. The highest BCUT2D eigenvalue weighted by Crippen LogP contribution is 2.44. The van der Waals surface area contributed by atoms with E-state index < -0.39 is 19.3 Å². The Kier molecular flexibility index (Phi) is 12.0. The van der Waals surface area contributed by atoms with Crippen molar-refractivity contribution in [3.8, 4) is 6.07 Å². The Morgan fingerprint density at radius 2 is 1.63 bits per heavy atom. The fourth-order valence-corrected chi connectivity index (χ4v) is 8.50. The van der Waals surface area contributed by atoms with Crippen molar-refractivity contribution >= 4 is 19.8 Å². The molecule has 2 rings (SSSR count). The summed E-state index contributed by atoms with van der Waals surface area (Å²) < 4.78 is 0. The van der Waals surface area contributed by atoms with Crippen LogP contribution in [0.3, 0.4) is 0 Å². The summed E-state index contributed by atoms with van der Waals surface area (Å²) in [7, 11) is 0.581. The second-order valence-electron chi connectivity index (χ2n) is 13.1. The molecule has 2 aliphatic carbocycles. The molecule has 38 heavy (non-hydrogen) atoms. The lowest BCUT2D eigenvalue weighted by molar-refractivity contribution is -0.126. The largest absolute Gasteiger partial charge is 0.356 e. The second-order valence-corrected chi connectivity index (χ2v) is 18.7. The van der Waals surface area contributed by atoms with Gasteiger partial charge in [0.15, 0.2) is 0 Å². The number of hydrogen-bond acceptors (Lipinski definition) is 6. The first-order chi connectivity index (χ1) is 17.8. The van der Waals surface area contributed by atoms with E-state index in [0.29, 0.717) is 56.4 Å². The third kappa shape index (κ3) is 8.61. The molecular formula is C29H52N6O2Si. The zero-order chi connectivity index (χ0) is 28.5. The quantitative estimate of drug-likeness (QED) is 0.107. The van der Waals surface area contributed by atoms with Crippen molar-refractivity contribution in [3.05, 3.63) is 11.4 Å². The van der Waals surface area contributed by atoms with Gasteiger partial charge in [-0.05, 0) is 83.3 Å². The normalized spacial score (nSPS) is 28.2. The van der Waals surface area contributed by atoms with Crippen LogP contribution in [-0.2, 0) is 9.59 Å². The van der Waals surface area contributed by atoms with Gasteiger partial charge in [-0.3, -0.25) is 14.4 Å². The molecule has 0 radical (unpaired) electrons. The third-order valence-electron chi connectivity index (χ3n) is 9.90. The summed E-state index contributed by atoms with van der Waals surface area (Å²) in [5, 5.41) is 16.6. The highest BCUT2D eigenvalue weighted by Gasteiger charge is 2.46. The summed E-state index contributed by atoms with van der Waals surface area (Å²) in [6.07, 6.45) is 8.48. The maximum absolute atomic E-state index is 12.9. The smallest absolute Gasteiger partial charge is 0.298 e. The topological polar surface area (TPSA) is 110 Å². The molecule has 0 saturated heterocycles. The van der Waals surface area contributed by atoms with Crippen LogP contribution in [0.15, 0.2) is 0 Å². The number of hydrogen-bond donors (Lipinski definition) is 4. The highest BCUT2D eigenvalue weighted by molar-refractivity contribution is 6.80. The van der Waals surface area contributed by atoms with Gasteiger partial charge in [-0.2, -0.15) is 10.7 Å². The first kappa shape index (κ1) is 32.4. The van der Waals surface area contributed by atoms with Crippen LogP contribution in [0.4, 0.5) is 0 Å². The molecular weight excluding hydrogens is 492 g/mol. The molecule has 0 bridgehead atoms. The zero-order valence-electron chi connectivity index (χ0n) is 24.8. The number of carbonyl (C=O) groups excluding carboxylic acids is 2. The lowest BCUT2D eigenvalue weighted by Gasteiger charge is -2.40. The van der Waals surface area contributed by atoms with Gasteiger partial charge in [0.05, 0.1) is 14.1 Å². The van der Waals surface area contributed by atoms with Gasteiger partial charge in [-0.1, -0.05) is 33.0 Å². The summed E-state index contributed by atoms with van der Waals surface area (Å²) in [5.74, 6) is 0.269. The predicted octanol–water partition coefficient (Wildman–Crippen LogP) is 4.92. The first-order valence-corrected chi connectivity index (χ1v) is 17.8. The molecule has 214 valence electrons. The zero-order valence-corrected chi connectivity index (χ0v) is 25.8. The molecule has 2 aliphatic rings. The van der Waals surface area contributed by atoms with Gasteiger partial charge in [-0.15, -0.1) is 0 Å². The number of hydrazine groups is 1. The van der Waals surface area contributed by atoms with Crippen LogP contribution in [0.25, 0.3) is 4.85 Å². The van der Waals surface area contributed by atoms with Crippen LogP contribution < -0.4 is 21.5 Å². The Morgan fingerprint density at radius 1 is 1.03 bits per heavy atom. The number of ketones is 1. The number of nitriles is 1. The fourth-order valence-electron chi connectivity index (χ4n) is 5.91. The van der Waals surface area contributed by atoms with Gasteiger partial charge >= 0.3 is 0 Å². The average Bonchev–Trinajstić information content (AvgIpc) is 2.90. The summed E-state index contributed by atoms with van der Waals surface area (Å²) in [5.41, 5.74) is 4.85.